The highest BCUT2D eigenvalue weighted by Crippen LogP contribution is 2.20. The summed E-state index contributed by atoms with van der Waals surface area (Å²) in [5.74, 6) is 0.00242. The predicted molar refractivity (Wildman–Crippen MR) is 84.3 cm³/mol. The van der Waals surface area contributed by atoms with Crippen molar-refractivity contribution in [2.45, 2.75) is 0 Å². The van der Waals surface area contributed by atoms with Gasteiger partial charge in [0.05, 0.1) is 11.9 Å². The first-order valence-corrected chi connectivity index (χ1v) is 7.59. The lowest BCUT2D eigenvalue weighted by atomic mass is 10.2. The summed E-state index contributed by atoms with van der Waals surface area (Å²) in [7, 11) is 0. The van der Waals surface area contributed by atoms with E-state index in [0.29, 0.717) is 18.8 Å². The fourth-order valence-electron chi connectivity index (χ4n) is 2.39. The average Bonchev–Trinajstić information content (AvgIpc) is 2.55. The lowest BCUT2D eigenvalue weighted by molar-refractivity contribution is 0.0741. The van der Waals surface area contributed by atoms with Crippen molar-refractivity contribution in [3.05, 3.63) is 53.0 Å². The molecule has 3 heterocycles. The van der Waals surface area contributed by atoms with Gasteiger partial charge in [0.1, 0.15) is 5.69 Å². The van der Waals surface area contributed by atoms with E-state index in [1.54, 1.807) is 18.5 Å². The van der Waals surface area contributed by atoms with E-state index in [-0.39, 0.29) is 5.91 Å². The van der Waals surface area contributed by atoms with E-state index in [9.17, 15) is 4.79 Å². The molecule has 21 heavy (non-hydrogen) atoms. The van der Waals surface area contributed by atoms with Gasteiger partial charge in [0.25, 0.3) is 5.91 Å². The number of amides is 1. The average molecular weight is 347 g/mol. The Balaban J connectivity index is 1.64. The largest absolute Gasteiger partial charge is 0.367 e. The van der Waals surface area contributed by atoms with Crippen LogP contribution in [0.15, 0.2) is 47.3 Å². The van der Waals surface area contributed by atoms with Crippen LogP contribution >= 0.6 is 15.9 Å². The molecule has 0 aromatic carbocycles. The molecule has 0 radical (unpaired) electrons. The summed E-state index contributed by atoms with van der Waals surface area (Å²) in [5.41, 5.74) is 1.59. The second kappa shape index (κ2) is 6.22. The van der Waals surface area contributed by atoms with Crippen LogP contribution < -0.4 is 4.90 Å². The van der Waals surface area contributed by atoms with E-state index in [1.807, 2.05) is 29.3 Å². The van der Waals surface area contributed by atoms with Crippen LogP contribution in [0.2, 0.25) is 0 Å². The van der Waals surface area contributed by atoms with Crippen LogP contribution in [-0.4, -0.2) is 47.0 Å². The number of carbonyl (C=O) groups excluding carboxylic acids is 1. The summed E-state index contributed by atoms with van der Waals surface area (Å²) < 4.78 is 0.965. The van der Waals surface area contributed by atoms with Crippen molar-refractivity contribution in [1.82, 2.24) is 14.9 Å². The number of piperazine rings is 1. The van der Waals surface area contributed by atoms with Crippen molar-refractivity contribution in [3.63, 3.8) is 0 Å². The molecule has 0 unspecified atom stereocenters. The Bertz CT molecular complexity index is 627. The molecule has 108 valence electrons. The van der Waals surface area contributed by atoms with Crippen LogP contribution in [0, 0.1) is 0 Å². The van der Waals surface area contributed by atoms with Gasteiger partial charge in [-0.3, -0.25) is 14.8 Å². The molecule has 2 aromatic rings. The van der Waals surface area contributed by atoms with E-state index in [1.165, 1.54) is 0 Å². The van der Waals surface area contributed by atoms with Gasteiger partial charge in [0.2, 0.25) is 0 Å². The van der Waals surface area contributed by atoms with Crippen LogP contribution in [0.1, 0.15) is 10.5 Å². The Morgan fingerprint density at radius 3 is 2.62 bits per heavy atom. The second-order valence-electron chi connectivity index (χ2n) is 4.86. The van der Waals surface area contributed by atoms with Gasteiger partial charge >= 0.3 is 0 Å². The number of halogens is 1. The zero-order valence-electron chi connectivity index (χ0n) is 11.4. The summed E-state index contributed by atoms with van der Waals surface area (Å²) in [6.45, 7) is 3.00. The van der Waals surface area contributed by atoms with Gasteiger partial charge in [-0.25, -0.2) is 0 Å². The van der Waals surface area contributed by atoms with Crippen LogP contribution in [-0.2, 0) is 0 Å². The number of aromatic nitrogens is 2. The fourth-order valence-corrected chi connectivity index (χ4v) is 2.75. The quantitative estimate of drug-likeness (QED) is 0.836. The molecule has 1 fully saturated rings. The molecule has 0 bridgehead atoms. The van der Waals surface area contributed by atoms with Gasteiger partial charge in [-0.1, -0.05) is 6.07 Å². The zero-order valence-corrected chi connectivity index (χ0v) is 13.0. The summed E-state index contributed by atoms with van der Waals surface area (Å²) >= 11 is 3.43. The molecular weight excluding hydrogens is 332 g/mol. The van der Waals surface area contributed by atoms with Gasteiger partial charge in [0.15, 0.2) is 0 Å². The number of carbonyl (C=O) groups is 1. The minimum Gasteiger partial charge on any atom is -0.367 e. The predicted octanol–water partition coefficient (Wildman–Crippen LogP) is 2.20. The zero-order chi connectivity index (χ0) is 14.7. The topological polar surface area (TPSA) is 49.3 Å². The molecular formula is C15H15BrN4O. The van der Waals surface area contributed by atoms with Gasteiger partial charge in [-0.05, 0) is 34.1 Å². The maximum absolute atomic E-state index is 12.3. The Hall–Kier alpha value is -1.95. The minimum absolute atomic E-state index is 0.00242. The molecule has 0 N–H and O–H groups in total. The molecule has 3 rings (SSSR count). The standard InChI is InChI=1S/C15H15BrN4O/c16-12-9-13(11-17-10-12)19-5-7-20(8-6-19)15(21)14-3-1-2-4-18-14/h1-4,9-11H,5-8H2. The SMILES string of the molecule is O=C(c1ccccn1)N1CCN(c2cncc(Br)c2)CC1. The third-order valence-corrected chi connectivity index (χ3v) is 3.94. The van der Waals surface area contributed by atoms with Crippen molar-refractivity contribution in [1.29, 1.82) is 0 Å². The van der Waals surface area contributed by atoms with Crippen LogP contribution in [0.25, 0.3) is 0 Å². The number of rotatable bonds is 2. The summed E-state index contributed by atoms with van der Waals surface area (Å²) in [6, 6.07) is 7.45. The Morgan fingerprint density at radius 1 is 1.14 bits per heavy atom. The molecule has 2 aromatic heterocycles. The highest BCUT2D eigenvalue weighted by atomic mass is 79.9. The van der Waals surface area contributed by atoms with Crippen molar-refractivity contribution in [2.75, 3.05) is 31.1 Å². The number of anilines is 1. The lowest BCUT2D eigenvalue weighted by Gasteiger charge is -2.35. The van der Waals surface area contributed by atoms with E-state index in [4.69, 9.17) is 0 Å². The number of hydrogen-bond acceptors (Lipinski definition) is 4. The third kappa shape index (κ3) is 3.21. The lowest BCUT2D eigenvalue weighted by Crippen LogP contribution is -2.49. The summed E-state index contributed by atoms with van der Waals surface area (Å²) in [4.78, 5) is 24.7. The molecule has 6 heteroatoms. The number of nitrogens with zero attached hydrogens (tertiary/aromatic N) is 4. The maximum Gasteiger partial charge on any atom is 0.272 e. The third-order valence-electron chi connectivity index (χ3n) is 3.51. The molecule has 5 nitrogen and oxygen atoms in total. The van der Waals surface area contributed by atoms with E-state index in [0.717, 1.165) is 23.2 Å². The highest BCUT2D eigenvalue weighted by molar-refractivity contribution is 9.10. The molecule has 0 saturated carbocycles. The van der Waals surface area contributed by atoms with Crippen molar-refractivity contribution in [2.24, 2.45) is 0 Å². The number of hydrogen-bond donors (Lipinski definition) is 0. The van der Waals surface area contributed by atoms with Gasteiger partial charge in [0, 0.05) is 43.0 Å². The first kappa shape index (κ1) is 14.0. The van der Waals surface area contributed by atoms with Gasteiger partial charge < -0.3 is 9.80 Å². The van der Waals surface area contributed by atoms with Crippen LogP contribution in [0.5, 0.6) is 0 Å². The maximum atomic E-state index is 12.3. The van der Waals surface area contributed by atoms with Crippen LogP contribution in [0.3, 0.4) is 0 Å². The molecule has 1 aliphatic rings. The first-order chi connectivity index (χ1) is 10.2. The Kier molecular flexibility index (Phi) is 4.15. The van der Waals surface area contributed by atoms with E-state index < -0.39 is 0 Å². The van der Waals surface area contributed by atoms with Gasteiger partial charge in [-0.15, -0.1) is 0 Å². The number of pyridine rings is 2. The van der Waals surface area contributed by atoms with Crippen molar-refractivity contribution in [3.8, 4) is 0 Å². The molecule has 0 spiro atoms. The molecule has 1 aliphatic heterocycles. The minimum atomic E-state index is 0.00242. The fraction of sp³-hybridized carbons (Fsp3) is 0.267. The smallest absolute Gasteiger partial charge is 0.272 e. The normalized spacial score (nSPS) is 15.1. The van der Waals surface area contributed by atoms with Crippen molar-refractivity contribution < 1.29 is 4.79 Å². The Morgan fingerprint density at radius 2 is 1.95 bits per heavy atom. The molecule has 1 amide bonds. The highest BCUT2D eigenvalue weighted by Gasteiger charge is 2.23. The molecule has 0 aliphatic carbocycles. The molecule has 1 saturated heterocycles. The van der Waals surface area contributed by atoms with E-state index >= 15 is 0 Å². The monoisotopic (exact) mass is 346 g/mol. The second-order valence-corrected chi connectivity index (χ2v) is 5.77. The van der Waals surface area contributed by atoms with Crippen LogP contribution in [0.4, 0.5) is 5.69 Å². The van der Waals surface area contributed by atoms with Gasteiger partial charge in [-0.2, -0.15) is 0 Å². The Labute approximate surface area is 131 Å². The van der Waals surface area contributed by atoms with Crippen molar-refractivity contribution >= 4 is 27.5 Å². The van der Waals surface area contributed by atoms with E-state index in [2.05, 4.69) is 30.8 Å². The first-order valence-electron chi connectivity index (χ1n) is 6.80. The molecule has 0 atom stereocenters. The summed E-state index contributed by atoms with van der Waals surface area (Å²) in [5, 5.41) is 0. The summed E-state index contributed by atoms with van der Waals surface area (Å²) in [6.07, 6.45) is 5.27.